The summed E-state index contributed by atoms with van der Waals surface area (Å²) < 4.78 is 0. The van der Waals surface area contributed by atoms with Gasteiger partial charge in [0.05, 0.1) is 0 Å². The van der Waals surface area contributed by atoms with E-state index in [0.29, 0.717) is 30.9 Å². The van der Waals surface area contributed by atoms with Gasteiger partial charge in [-0.15, -0.1) is 0 Å². The van der Waals surface area contributed by atoms with Gasteiger partial charge in [0, 0.05) is 50.2 Å². The SMILES string of the molecule is CCCCCNC(=O)c1cc(C(=O)N2CCN(c3cccc(C)c3)CC2)ccn1. The Hall–Kier alpha value is -2.89. The lowest BCUT2D eigenvalue weighted by Gasteiger charge is -2.36. The van der Waals surface area contributed by atoms with E-state index in [0.717, 1.165) is 32.4 Å². The summed E-state index contributed by atoms with van der Waals surface area (Å²) in [4.78, 5) is 33.5. The van der Waals surface area contributed by atoms with E-state index < -0.39 is 0 Å². The number of hydrogen-bond acceptors (Lipinski definition) is 4. The lowest BCUT2D eigenvalue weighted by Crippen LogP contribution is -2.48. The molecule has 1 aromatic carbocycles. The van der Waals surface area contributed by atoms with Crippen molar-refractivity contribution in [3.63, 3.8) is 0 Å². The molecule has 6 heteroatoms. The molecule has 0 unspecified atom stereocenters. The summed E-state index contributed by atoms with van der Waals surface area (Å²) in [6.07, 6.45) is 4.68. The van der Waals surface area contributed by atoms with Crippen molar-refractivity contribution in [1.29, 1.82) is 0 Å². The molecule has 1 saturated heterocycles. The molecule has 0 radical (unpaired) electrons. The molecule has 1 N–H and O–H groups in total. The first-order valence-electron chi connectivity index (χ1n) is 10.4. The van der Waals surface area contributed by atoms with Crippen molar-refractivity contribution in [2.75, 3.05) is 37.6 Å². The second-order valence-electron chi connectivity index (χ2n) is 7.51. The number of unbranched alkanes of at least 4 members (excludes halogenated alkanes) is 2. The smallest absolute Gasteiger partial charge is 0.269 e. The molecule has 2 heterocycles. The number of pyridine rings is 1. The van der Waals surface area contributed by atoms with Crippen molar-refractivity contribution >= 4 is 17.5 Å². The topological polar surface area (TPSA) is 65.5 Å². The molecule has 0 bridgehead atoms. The van der Waals surface area contributed by atoms with Gasteiger partial charge in [0.25, 0.3) is 11.8 Å². The molecule has 29 heavy (non-hydrogen) atoms. The van der Waals surface area contributed by atoms with Gasteiger partial charge in [-0.2, -0.15) is 0 Å². The van der Waals surface area contributed by atoms with E-state index in [9.17, 15) is 9.59 Å². The summed E-state index contributed by atoms with van der Waals surface area (Å²) in [5, 5.41) is 2.87. The molecule has 0 aliphatic carbocycles. The number of aryl methyl sites for hydroxylation is 1. The fourth-order valence-electron chi connectivity index (χ4n) is 3.53. The fourth-order valence-corrected chi connectivity index (χ4v) is 3.53. The number of benzene rings is 1. The predicted octanol–water partition coefficient (Wildman–Crippen LogP) is 3.27. The van der Waals surface area contributed by atoms with Crippen molar-refractivity contribution in [3.8, 4) is 0 Å². The van der Waals surface area contributed by atoms with Crippen LogP contribution in [0.1, 0.15) is 52.6 Å². The van der Waals surface area contributed by atoms with E-state index in [1.807, 2.05) is 4.90 Å². The van der Waals surface area contributed by atoms with Crippen molar-refractivity contribution in [2.45, 2.75) is 33.1 Å². The quantitative estimate of drug-likeness (QED) is 0.732. The van der Waals surface area contributed by atoms with E-state index in [1.54, 1.807) is 12.1 Å². The molecule has 0 spiro atoms. The molecule has 0 atom stereocenters. The maximum atomic E-state index is 12.9. The first-order chi connectivity index (χ1) is 14.1. The lowest BCUT2D eigenvalue weighted by molar-refractivity contribution is 0.0746. The second-order valence-corrected chi connectivity index (χ2v) is 7.51. The van der Waals surface area contributed by atoms with Crippen molar-refractivity contribution in [3.05, 3.63) is 59.4 Å². The van der Waals surface area contributed by atoms with Gasteiger partial charge in [-0.3, -0.25) is 14.6 Å². The number of aromatic nitrogens is 1. The summed E-state index contributed by atoms with van der Waals surface area (Å²) in [7, 11) is 0. The van der Waals surface area contributed by atoms with Crippen molar-refractivity contribution < 1.29 is 9.59 Å². The Balaban J connectivity index is 1.57. The van der Waals surface area contributed by atoms with Crippen LogP contribution < -0.4 is 10.2 Å². The van der Waals surface area contributed by atoms with Gasteiger partial charge < -0.3 is 15.1 Å². The van der Waals surface area contributed by atoms with Crippen LogP contribution in [0.2, 0.25) is 0 Å². The first-order valence-corrected chi connectivity index (χ1v) is 10.4. The van der Waals surface area contributed by atoms with E-state index in [1.165, 1.54) is 17.4 Å². The third kappa shape index (κ3) is 5.56. The fraction of sp³-hybridized carbons (Fsp3) is 0.435. The largest absolute Gasteiger partial charge is 0.368 e. The van der Waals surface area contributed by atoms with Crippen LogP contribution in [0.25, 0.3) is 0 Å². The van der Waals surface area contributed by atoms with Crippen LogP contribution in [-0.4, -0.2) is 54.4 Å². The zero-order valence-corrected chi connectivity index (χ0v) is 17.4. The number of rotatable bonds is 7. The van der Waals surface area contributed by atoms with Gasteiger partial charge in [-0.1, -0.05) is 31.9 Å². The summed E-state index contributed by atoms with van der Waals surface area (Å²) >= 11 is 0. The molecular weight excluding hydrogens is 364 g/mol. The average Bonchev–Trinajstić information content (AvgIpc) is 2.76. The molecule has 1 aliphatic heterocycles. The van der Waals surface area contributed by atoms with Crippen molar-refractivity contribution in [2.24, 2.45) is 0 Å². The summed E-state index contributed by atoms with van der Waals surface area (Å²) in [5.74, 6) is -0.267. The minimum absolute atomic E-state index is 0.0451. The van der Waals surface area contributed by atoms with Crippen molar-refractivity contribution in [1.82, 2.24) is 15.2 Å². The van der Waals surface area contributed by atoms with Crippen LogP contribution in [0, 0.1) is 6.92 Å². The average molecular weight is 395 g/mol. The number of anilines is 1. The zero-order valence-electron chi connectivity index (χ0n) is 17.4. The maximum absolute atomic E-state index is 12.9. The summed E-state index contributed by atoms with van der Waals surface area (Å²) in [6.45, 7) is 7.76. The van der Waals surface area contributed by atoms with Gasteiger partial charge in [-0.25, -0.2) is 0 Å². The molecule has 1 aliphatic rings. The van der Waals surface area contributed by atoms with E-state index in [-0.39, 0.29) is 11.8 Å². The number of hydrogen-bond donors (Lipinski definition) is 1. The molecular formula is C23H30N4O2. The normalized spacial score (nSPS) is 14.0. The molecule has 1 aromatic heterocycles. The first kappa shape index (κ1) is 20.8. The minimum Gasteiger partial charge on any atom is -0.368 e. The molecule has 3 rings (SSSR count). The number of nitrogens with one attached hydrogen (secondary N) is 1. The predicted molar refractivity (Wildman–Crippen MR) is 115 cm³/mol. The van der Waals surface area contributed by atoms with Gasteiger partial charge in [-0.05, 0) is 43.2 Å². The number of nitrogens with zero attached hydrogens (tertiary/aromatic N) is 3. The third-order valence-corrected chi connectivity index (χ3v) is 5.24. The molecule has 2 amide bonds. The second kappa shape index (κ2) is 10.0. The minimum atomic E-state index is -0.222. The number of carbonyl (C=O) groups is 2. The van der Waals surface area contributed by atoms with Crippen LogP contribution >= 0.6 is 0 Å². The molecule has 1 fully saturated rings. The molecule has 154 valence electrons. The van der Waals surface area contributed by atoms with Crippen LogP contribution in [-0.2, 0) is 0 Å². The van der Waals surface area contributed by atoms with Crippen LogP contribution in [0.4, 0.5) is 5.69 Å². The Morgan fingerprint density at radius 2 is 1.86 bits per heavy atom. The van der Waals surface area contributed by atoms with E-state index in [2.05, 4.69) is 53.3 Å². The number of amides is 2. The van der Waals surface area contributed by atoms with Gasteiger partial charge in [0.2, 0.25) is 0 Å². The van der Waals surface area contributed by atoms with Gasteiger partial charge in [0.1, 0.15) is 5.69 Å². The van der Waals surface area contributed by atoms with Gasteiger partial charge >= 0.3 is 0 Å². The highest BCUT2D eigenvalue weighted by molar-refractivity contribution is 5.98. The van der Waals surface area contributed by atoms with E-state index >= 15 is 0 Å². The van der Waals surface area contributed by atoms with Crippen LogP contribution in [0.5, 0.6) is 0 Å². The highest BCUT2D eigenvalue weighted by Crippen LogP contribution is 2.18. The highest BCUT2D eigenvalue weighted by atomic mass is 16.2. The van der Waals surface area contributed by atoms with Crippen LogP contribution in [0.3, 0.4) is 0 Å². The highest BCUT2D eigenvalue weighted by Gasteiger charge is 2.23. The Kier molecular flexibility index (Phi) is 7.22. The maximum Gasteiger partial charge on any atom is 0.269 e. The summed E-state index contributed by atoms with van der Waals surface area (Å²) in [5.41, 5.74) is 3.25. The van der Waals surface area contributed by atoms with Crippen LogP contribution in [0.15, 0.2) is 42.6 Å². The number of piperazine rings is 1. The Morgan fingerprint density at radius 3 is 2.59 bits per heavy atom. The Morgan fingerprint density at radius 1 is 1.07 bits per heavy atom. The molecule has 2 aromatic rings. The molecule has 6 nitrogen and oxygen atoms in total. The zero-order chi connectivity index (χ0) is 20.6. The Labute approximate surface area is 172 Å². The van der Waals surface area contributed by atoms with Gasteiger partial charge in [0.15, 0.2) is 0 Å². The standard InChI is InChI=1S/C23H30N4O2/c1-3-4-5-10-25-22(28)21-17-19(9-11-24-21)23(29)27-14-12-26(13-15-27)20-8-6-7-18(2)16-20/h6-9,11,16-17H,3-5,10,12-15H2,1-2H3,(H,25,28). The van der Waals surface area contributed by atoms with E-state index in [4.69, 9.17) is 0 Å². The molecule has 0 saturated carbocycles. The number of carbonyl (C=O) groups excluding carboxylic acids is 2. The third-order valence-electron chi connectivity index (χ3n) is 5.24. The lowest BCUT2D eigenvalue weighted by atomic mass is 10.1. The summed E-state index contributed by atoms with van der Waals surface area (Å²) in [6, 6.07) is 11.7. The Bertz CT molecular complexity index is 844. The monoisotopic (exact) mass is 394 g/mol.